The van der Waals surface area contributed by atoms with Crippen LogP contribution in [0.25, 0.3) is 10.9 Å². The first-order valence-corrected chi connectivity index (χ1v) is 10.8. The zero-order valence-electron chi connectivity index (χ0n) is 17.7. The topological polar surface area (TPSA) is 45.3 Å². The molecule has 1 N–H and O–H groups in total. The summed E-state index contributed by atoms with van der Waals surface area (Å²) in [6.45, 7) is 1.46. The zero-order chi connectivity index (χ0) is 21.2. The maximum Gasteiger partial charge on any atom is 0.223 e. The number of amides is 1. The number of H-pyrrole nitrogens is 1. The molecule has 4 aromatic rings. The lowest BCUT2D eigenvalue weighted by atomic mass is 9.87. The van der Waals surface area contributed by atoms with Gasteiger partial charge in [0.2, 0.25) is 5.91 Å². The van der Waals surface area contributed by atoms with E-state index in [1.54, 1.807) is 7.11 Å². The molecule has 0 radical (unpaired) electrons. The summed E-state index contributed by atoms with van der Waals surface area (Å²) < 4.78 is 5.47. The number of aromatic amines is 1. The molecule has 1 aliphatic rings. The molecule has 1 aliphatic heterocycles. The summed E-state index contributed by atoms with van der Waals surface area (Å²) in [6.07, 6.45) is 3.39. The standard InChI is InChI=1S/C27H26N2O2/c1-31-22-10-6-9-20(15-22)24(25-17-28-26-12-5-4-11-23(25)26)16-27(30)29-14-13-19-7-2-3-8-21(19)18-29/h2-12,15,17,24,28H,13-14,16,18H2,1H3. The molecular weight excluding hydrogens is 384 g/mol. The minimum absolute atomic E-state index is 0.0454. The highest BCUT2D eigenvalue weighted by Crippen LogP contribution is 2.35. The minimum atomic E-state index is -0.0454. The Balaban J connectivity index is 1.48. The molecule has 0 saturated heterocycles. The first-order chi connectivity index (χ1) is 15.2. The van der Waals surface area contributed by atoms with Crippen LogP contribution in [0.2, 0.25) is 0 Å². The van der Waals surface area contributed by atoms with Gasteiger partial charge in [-0.1, -0.05) is 54.6 Å². The first-order valence-electron chi connectivity index (χ1n) is 10.8. The van der Waals surface area contributed by atoms with E-state index in [4.69, 9.17) is 4.74 Å². The Morgan fingerprint density at radius 3 is 2.71 bits per heavy atom. The molecule has 1 atom stereocenters. The number of ether oxygens (including phenoxy) is 1. The van der Waals surface area contributed by atoms with Gasteiger partial charge < -0.3 is 14.6 Å². The van der Waals surface area contributed by atoms with Crippen molar-refractivity contribution >= 4 is 16.8 Å². The molecule has 2 heterocycles. The quantitative estimate of drug-likeness (QED) is 0.486. The molecule has 31 heavy (non-hydrogen) atoms. The van der Waals surface area contributed by atoms with Gasteiger partial charge in [0.05, 0.1) is 7.11 Å². The van der Waals surface area contributed by atoms with Gasteiger partial charge in [0.15, 0.2) is 0 Å². The summed E-state index contributed by atoms with van der Waals surface area (Å²) in [5, 5.41) is 1.16. The van der Waals surface area contributed by atoms with Crippen molar-refractivity contribution < 1.29 is 9.53 Å². The number of aromatic nitrogens is 1. The molecule has 0 fully saturated rings. The van der Waals surface area contributed by atoms with Crippen LogP contribution < -0.4 is 4.74 Å². The van der Waals surface area contributed by atoms with E-state index < -0.39 is 0 Å². The molecule has 0 bridgehead atoms. The molecule has 3 aromatic carbocycles. The number of carbonyl (C=O) groups excluding carboxylic acids is 1. The molecule has 4 heteroatoms. The second-order valence-electron chi connectivity index (χ2n) is 8.16. The van der Waals surface area contributed by atoms with E-state index in [1.807, 2.05) is 41.4 Å². The van der Waals surface area contributed by atoms with Crippen LogP contribution in [0.15, 0.2) is 79.0 Å². The Labute approximate surface area is 182 Å². The summed E-state index contributed by atoms with van der Waals surface area (Å²) in [6, 6.07) is 24.8. The van der Waals surface area contributed by atoms with Gasteiger partial charge in [0.25, 0.3) is 0 Å². The van der Waals surface area contributed by atoms with Gasteiger partial charge in [0, 0.05) is 42.5 Å². The van der Waals surface area contributed by atoms with E-state index in [1.165, 1.54) is 11.1 Å². The van der Waals surface area contributed by atoms with Gasteiger partial charge in [-0.3, -0.25) is 4.79 Å². The average molecular weight is 411 g/mol. The van der Waals surface area contributed by atoms with Crippen LogP contribution in [-0.2, 0) is 17.8 Å². The number of methoxy groups -OCH3 is 1. The fraction of sp³-hybridized carbons (Fsp3) is 0.222. The highest BCUT2D eigenvalue weighted by molar-refractivity contribution is 5.86. The number of nitrogens with one attached hydrogen (secondary N) is 1. The largest absolute Gasteiger partial charge is 0.497 e. The average Bonchev–Trinajstić information content (AvgIpc) is 3.26. The Hall–Kier alpha value is -3.53. The summed E-state index contributed by atoms with van der Waals surface area (Å²) in [5.74, 6) is 0.949. The molecule has 1 aromatic heterocycles. The number of fused-ring (bicyclic) bond motifs is 2. The number of hydrogen-bond donors (Lipinski definition) is 1. The van der Waals surface area contributed by atoms with E-state index in [0.29, 0.717) is 13.0 Å². The van der Waals surface area contributed by atoms with Crippen LogP contribution in [0.4, 0.5) is 0 Å². The highest BCUT2D eigenvalue weighted by Gasteiger charge is 2.26. The van der Waals surface area contributed by atoms with Crippen molar-refractivity contribution in [1.29, 1.82) is 0 Å². The van der Waals surface area contributed by atoms with Gasteiger partial charge in [-0.25, -0.2) is 0 Å². The van der Waals surface area contributed by atoms with Gasteiger partial charge in [-0.05, 0) is 46.9 Å². The van der Waals surface area contributed by atoms with Gasteiger partial charge in [0.1, 0.15) is 5.75 Å². The molecule has 5 rings (SSSR count). The molecule has 4 nitrogen and oxygen atoms in total. The lowest BCUT2D eigenvalue weighted by Crippen LogP contribution is -2.36. The second kappa shape index (κ2) is 8.31. The maximum atomic E-state index is 13.5. The smallest absolute Gasteiger partial charge is 0.223 e. The van der Waals surface area contributed by atoms with Crippen molar-refractivity contribution in [2.75, 3.05) is 13.7 Å². The van der Waals surface area contributed by atoms with Gasteiger partial charge >= 0.3 is 0 Å². The number of para-hydroxylation sites is 1. The van der Waals surface area contributed by atoms with Crippen molar-refractivity contribution in [2.24, 2.45) is 0 Å². The summed E-state index contributed by atoms with van der Waals surface area (Å²) >= 11 is 0. The highest BCUT2D eigenvalue weighted by atomic mass is 16.5. The number of hydrogen-bond acceptors (Lipinski definition) is 2. The van der Waals surface area contributed by atoms with E-state index in [-0.39, 0.29) is 11.8 Å². The molecule has 1 amide bonds. The number of carbonyl (C=O) groups is 1. The second-order valence-corrected chi connectivity index (χ2v) is 8.16. The van der Waals surface area contributed by atoms with Gasteiger partial charge in [-0.15, -0.1) is 0 Å². The number of rotatable bonds is 5. The molecule has 156 valence electrons. The fourth-order valence-corrected chi connectivity index (χ4v) is 4.66. The molecule has 0 saturated carbocycles. The third-order valence-corrected chi connectivity index (χ3v) is 6.35. The lowest BCUT2D eigenvalue weighted by molar-refractivity contribution is -0.132. The lowest BCUT2D eigenvalue weighted by Gasteiger charge is -2.30. The Morgan fingerprint density at radius 2 is 1.84 bits per heavy atom. The minimum Gasteiger partial charge on any atom is -0.497 e. The third kappa shape index (κ3) is 3.81. The Morgan fingerprint density at radius 1 is 1.03 bits per heavy atom. The summed E-state index contributed by atoms with van der Waals surface area (Å²) in [5.41, 5.74) is 5.94. The van der Waals surface area contributed by atoms with Crippen LogP contribution in [0.1, 0.15) is 34.6 Å². The predicted octanol–water partition coefficient (Wildman–Crippen LogP) is 5.28. The van der Waals surface area contributed by atoms with Crippen LogP contribution in [0.5, 0.6) is 5.75 Å². The van der Waals surface area contributed by atoms with Crippen molar-refractivity contribution in [3.63, 3.8) is 0 Å². The maximum absolute atomic E-state index is 13.5. The first kappa shape index (κ1) is 19.4. The van der Waals surface area contributed by atoms with Gasteiger partial charge in [-0.2, -0.15) is 0 Å². The van der Waals surface area contributed by atoms with Crippen LogP contribution in [-0.4, -0.2) is 29.4 Å². The summed E-state index contributed by atoms with van der Waals surface area (Å²) in [7, 11) is 1.68. The Kier molecular flexibility index (Phi) is 5.21. The van der Waals surface area contributed by atoms with Crippen molar-refractivity contribution in [1.82, 2.24) is 9.88 Å². The SMILES string of the molecule is COc1cccc(C(CC(=O)N2CCc3ccccc3C2)c2c[nH]c3ccccc23)c1. The number of nitrogens with zero attached hydrogens (tertiary/aromatic N) is 1. The Bertz CT molecular complexity index is 1230. The van der Waals surface area contributed by atoms with Crippen molar-refractivity contribution in [3.8, 4) is 5.75 Å². The van der Waals surface area contributed by atoms with Crippen molar-refractivity contribution in [3.05, 3.63) is 101 Å². The number of benzene rings is 3. The molecule has 0 aliphatic carbocycles. The third-order valence-electron chi connectivity index (χ3n) is 6.35. The zero-order valence-corrected chi connectivity index (χ0v) is 17.7. The molecular formula is C27H26N2O2. The normalized spacial score (nSPS) is 14.3. The summed E-state index contributed by atoms with van der Waals surface area (Å²) in [4.78, 5) is 18.8. The van der Waals surface area contributed by atoms with E-state index in [9.17, 15) is 4.79 Å². The monoisotopic (exact) mass is 410 g/mol. The fourth-order valence-electron chi connectivity index (χ4n) is 4.66. The van der Waals surface area contributed by atoms with Crippen LogP contribution in [0, 0.1) is 0 Å². The molecule has 0 spiro atoms. The van der Waals surface area contributed by atoms with Crippen LogP contribution in [0.3, 0.4) is 0 Å². The predicted molar refractivity (Wildman–Crippen MR) is 123 cm³/mol. The van der Waals surface area contributed by atoms with E-state index in [2.05, 4.69) is 47.4 Å². The van der Waals surface area contributed by atoms with E-state index in [0.717, 1.165) is 40.7 Å². The van der Waals surface area contributed by atoms with Crippen molar-refractivity contribution in [2.45, 2.75) is 25.3 Å². The van der Waals surface area contributed by atoms with E-state index >= 15 is 0 Å². The van der Waals surface area contributed by atoms with Crippen LogP contribution >= 0.6 is 0 Å². The molecule has 1 unspecified atom stereocenters.